The first-order valence-corrected chi connectivity index (χ1v) is 3.52. The van der Waals surface area contributed by atoms with Gasteiger partial charge in [0.15, 0.2) is 5.78 Å². The summed E-state index contributed by atoms with van der Waals surface area (Å²) in [5.41, 5.74) is 10.8. The monoisotopic (exact) mass is 166 g/mol. The number of Topliss-reactive ketones (excluding diaryl/α,β-unsaturated/α-hetero) is 1. The van der Waals surface area contributed by atoms with E-state index in [1.807, 2.05) is 0 Å². The third-order valence-corrected chi connectivity index (χ3v) is 1.40. The van der Waals surface area contributed by atoms with E-state index in [-0.39, 0.29) is 18.9 Å². The Bertz CT molecular complexity index is 269. The molecule has 0 aliphatic rings. The Morgan fingerprint density at radius 2 is 1.92 bits per heavy atom. The summed E-state index contributed by atoms with van der Waals surface area (Å²) in [7, 11) is 0. The molecule has 0 bridgehead atoms. The molecule has 5 heteroatoms. The van der Waals surface area contributed by atoms with Crippen LogP contribution in [0.3, 0.4) is 0 Å². The van der Waals surface area contributed by atoms with Crippen molar-refractivity contribution >= 4 is 5.78 Å². The molecule has 0 aromatic carbocycles. The van der Waals surface area contributed by atoms with Gasteiger partial charge < -0.3 is 11.5 Å². The van der Waals surface area contributed by atoms with Crippen molar-refractivity contribution in [2.75, 3.05) is 6.54 Å². The van der Waals surface area contributed by atoms with E-state index in [1.54, 1.807) is 0 Å². The molecule has 0 aliphatic heterocycles. The lowest BCUT2D eigenvalue weighted by atomic mass is 10.2. The number of ketones is 1. The fourth-order valence-corrected chi connectivity index (χ4v) is 0.722. The Hall–Kier alpha value is -1.33. The molecule has 1 aromatic rings. The van der Waals surface area contributed by atoms with Crippen molar-refractivity contribution in [3.63, 3.8) is 0 Å². The molecule has 0 unspecified atom stereocenters. The third-order valence-electron chi connectivity index (χ3n) is 1.40. The largest absolute Gasteiger partial charge is 0.324 e. The van der Waals surface area contributed by atoms with Crippen LogP contribution in [0.15, 0.2) is 12.4 Å². The number of nitrogens with two attached hydrogens (primary N) is 2. The van der Waals surface area contributed by atoms with E-state index in [9.17, 15) is 4.79 Å². The lowest BCUT2D eigenvalue weighted by Crippen LogP contribution is -2.15. The molecular weight excluding hydrogens is 156 g/mol. The van der Waals surface area contributed by atoms with Gasteiger partial charge in [-0.05, 0) is 0 Å². The van der Waals surface area contributed by atoms with Gasteiger partial charge in [-0.25, -0.2) is 9.97 Å². The molecule has 0 atom stereocenters. The minimum Gasteiger partial charge on any atom is -0.324 e. The summed E-state index contributed by atoms with van der Waals surface area (Å²) in [6.07, 6.45) is 2.87. The van der Waals surface area contributed by atoms with Crippen molar-refractivity contribution in [2.45, 2.75) is 6.54 Å². The zero-order valence-corrected chi connectivity index (χ0v) is 6.53. The number of rotatable bonds is 3. The molecule has 5 nitrogen and oxygen atoms in total. The van der Waals surface area contributed by atoms with Crippen molar-refractivity contribution in [1.82, 2.24) is 9.97 Å². The third kappa shape index (κ3) is 1.84. The van der Waals surface area contributed by atoms with Crippen LogP contribution in [-0.2, 0) is 6.54 Å². The van der Waals surface area contributed by atoms with E-state index in [1.165, 1.54) is 12.4 Å². The van der Waals surface area contributed by atoms with Crippen LogP contribution in [0.5, 0.6) is 0 Å². The number of aromatic nitrogens is 2. The highest BCUT2D eigenvalue weighted by atomic mass is 16.1. The lowest BCUT2D eigenvalue weighted by Gasteiger charge is -1.97. The van der Waals surface area contributed by atoms with E-state index in [2.05, 4.69) is 9.97 Å². The molecule has 0 saturated heterocycles. The zero-order valence-electron chi connectivity index (χ0n) is 6.53. The van der Waals surface area contributed by atoms with Gasteiger partial charge in [-0.1, -0.05) is 0 Å². The van der Waals surface area contributed by atoms with E-state index >= 15 is 0 Å². The molecule has 0 radical (unpaired) electrons. The summed E-state index contributed by atoms with van der Waals surface area (Å²) in [5, 5.41) is 0. The van der Waals surface area contributed by atoms with Crippen molar-refractivity contribution in [1.29, 1.82) is 0 Å². The summed E-state index contributed by atoms with van der Waals surface area (Å²) in [4.78, 5) is 18.7. The second kappa shape index (κ2) is 3.89. The van der Waals surface area contributed by atoms with Gasteiger partial charge in [0.05, 0.1) is 18.7 Å². The van der Waals surface area contributed by atoms with E-state index in [4.69, 9.17) is 11.5 Å². The molecule has 0 spiro atoms. The maximum atomic E-state index is 11.0. The smallest absolute Gasteiger partial charge is 0.179 e. The first kappa shape index (κ1) is 8.76. The molecule has 1 heterocycles. The fraction of sp³-hybridized carbons (Fsp3) is 0.286. The summed E-state index contributed by atoms with van der Waals surface area (Å²) in [5.74, 6) is 0.349. The topological polar surface area (TPSA) is 94.9 Å². The van der Waals surface area contributed by atoms with Crippen LogP contribution in [0.2, 0.25) is 0 Å². The molecule has 0 aliphatic carbocycles. The Balaban J connectivity index is 2.84. The molecule has 0 amide bonds. The second-order valence-electron chi connectivity index (χ2n) is 2.22. The molecule has 0 fully saturated rings. The van der Waals surface area contributed by atoms with Gasteiger partial charge in [0.1, 0.15) is 5.82 Å². The summed E-state index contributed by atoms with van der Waals surface area (Å²) in [6, 6.07) is 0. The molecule has 4 N–H and O–H groups in total. The zero-order chi connectivity index (χ0) is 8.97. The quantitative estimate of drug-likeness (QED) is 0.566. The highest BCUT2D eigenvalue weighted by Gasteiger charge is 2.03. The van der Waals surface area contributed by atoms with Crippen LogP contribution in [0, 0.1) is 0 Å². The fourth-order valence-electron chi connectivity index (χ4n) is 0.722. The first-order valence-electron chi connectivity index (χ1n) is 3.52. The van der Waals surface area contributed by atoms with Gasteiger partial charge in [-0.15, -0.1) is 0 Å². The van der Waals surface area contributed by atoms with Crippen molar-refractivity contribution in [2.24, 2.45) is 11.5 Å². The number of carbonyl (C=O) groups is 1. The molecule has 1 rings (SSSR count). The number of hydrogen-bond acceptors (Lipinski definition) is 5. The van der Waals surface area contributed by atoms with Crippen LogP contribution in [0.4, 0.5) is 0 Å². The van der Waals surface area contributed by atoms with Crippen molar-refractivity contribution in [3.05, 3.63) is 23.8 Å². The molecule has 1 aromatic heterocycles. The first-order chi connectivity index (χ1) is 5.77. The Labute approximate surface area is 69.8 Å². The van der Waals surface area contributed by atoms with Crippen LogP contribution in [-0.4, -0.2) is 22.3 Å². The van der Waals surface area contributed by atoms with Crippen molar-refractivity contribution < 1.29 is 4.79 Å². The number of carbonyl (C=O) groups excluding carboxylic acids is 1. The van der Waals surface area contributed by atoms with Gasteiger partial charge in [-0.3, -0.25) is 4.79 Å². The molecule has 12 heavy (non-hydrogen) atoms. The van der Waals surface area contributed by atoms with Crippen LogP contribution < -0.4 is 11.5 Å². The minimum absolute atomic E-state index is 0.0225. The lowest BCUT2D eigenvalue weighted by molar-refractivity contribution is 0.100. The van der Waals surface area contributed by atoms with E-state index in [0.717, 1.165) is 0 Å². The van der Waals surface area contributed by atoms with Crippen molar-refractivity contribution in [3.8, 4) is 0 Å². The van der Waals surface area contributed by atoms with Crippen LogP contribution in [0.1, 0.15) is 16.2 Å². The summed E-state index contributed by atoms with van der Waals surface area (Å²) >= 11 is 0. The average Bonchev–Trinajstić information content (AvgIpc) is 2.17. The maximum absolute atomic E-state index is 11.0. The minimum atomic E-state index is -0.168. The highest BCUT2D eigenvalue weighted by Crippen LogP contribution is 1.95. The van der Waals surface area contributed by atoms with Gasteiger partial charge in [-0.2, -0.15) is 0 Å². The van der Waals surface area contributed by atoms with Crippen LogP contribution >= 0.6 is 0 Å². The highest BCUT2D eigenvalue weighted by molar-refractivity contribution is 5.96. The summed E-state index contributed by atoms with van der Waals surface area (Å²) in [6.45, 7) is 0.252. The van der Waals surface area contributed by atoms with E-state index < -0.39 is 0 Å². The van der Waals surface area contributed by atoms with Crippen LogP contribution in [0.25, 0.3) is 0 Å². The average molecular weight is 166 g/mol. The molecular formula is C7H10N4O. The Morgan fingerprint density at radius 1 is 1.33 bits per heavy atom. The Morgan fingerprint density at radius 3 is 2.33 bits per heavy atom. The van der Waals surface area contributed by atoms with Gasteiger partial charge >= 0.3 is 0 Å². The maximum Gasteiger partial charge on any atom is 0.179 e. The standard InChI is InChI=1S/C7H10N4O/c8-1-6(12)5-3-10-7(2-9)11-4-5/h3-4H,1-2,8-9H2. The van der Waals surface area contributed by atoms with Gasteiger partial charge in [0.2, 0.25) is 0 Å². The SMILES string of the molecule is NCC(=O)c1cnc(CN)nc1. The second-order valence-corrected chi connectivity index (χ2v) is 2.22. The van der Waals surface area contributed by atoms with Gasteiger partial charge in [0, 0.05) is 12.4 Å². The molecule has 0 saturated carbocycles. The predicted octanol–water partition coefficient (Wildman–Crippen LogP) is -0.923. The number of nitrogens with zero attached hydrogens (tertiary/aromatic N) is 2. The summed E-state index contributed by atoms with van der Waals surface area (Å²) < 4.78 is 0. The normalized spacial score (nSPS) is 9.83. The Kier molecular flexibility index (Phi) is 2.84. The van der Waals surface area contributed by atoms with Gasteiger partial charge in [0.25, 0.3) is 0 Å². The van der Waals surface area contributed by atoms with E-state index in [0.29, 0.717) is 11.4 Å². The number of hydrogen-bond donors (Lipinski definition) is 2. The predicted molar refractivity (Wildman–Crippen MR) is 43.3 cm³/mol. The molecule has 64 valence electrons.